The third kappa shape index (κ3) is 2.89. The zero-order valence-corrected chi connectivity index (χ0v) is 10.8. The van der Waals surface area contributed by atoms with Gasteiger partial charge in [0.15, 0.2) is 5.78 Å². The van der Waals surface area contributed by atoms with Crippen molar-refractivity contribution in [3.63, 3.8) is 0 Å². The van der Waals surface area contributed by atoms with E-state index < -0.39 is 0 Å². The minimum Gasteiger partial charge on any atom is -0.366 e. The van der Waals surface area contributed by atoms with Crippen molar-refractivity contribution >= 4 is 11.5 Å². The van der Waals surface area contributed by atoms with Crippen LogP contribution < -0.4 is 10.8 Å². The number of ketones is 1. The Morgan fingerprint density at radius 3 is 3.06 bits per heavy atom. The molecule has 1 saturated heterocycles. The molecule has 0 radical (unpaired) electrons. The zero-order chi connectivity index (χ0) is 13.0. The Bertz CT molecular complexity index is 418. The fourth-order valence-corrected chi connectivity index (χ4v) is 2.53. The first kappa shape index (κ1) is 13.1. The zero-order valence-electron chi connectivity index (χ0n) is 10.8. The molecule has 2 N–H and O–H groups in total. The van der Waals surface area contributed by atoms with Crippen LogP contribution in [0.15, 0.2) is 24.3 Å². The van der Waals surface area contributed by atoms with Crippen LogP contribution in [0.3, 0.4) is 0 Å². The molecular formula is C14H20N2O2. The van der Waals surface area contributed by atoms with Crippen LogP contribution in [0.25, 0.3) is 0 Å². The van der Waals surface area contributed by atoms with E-state index in [1.54, 1.807) is 6.92 Å². The molecule has 1 aliphatic heterocycles. The molecule has 4 heteroatoms. The van der Waals surface area contributed by atoms with Gasteiger partial charge in [-0.2, -0.15) is 0 Å². The summed E-state index contributed by atoms with van der Waals surface area (Å²) in [5.74, 6) is 5.29. The normalized spacial score (nSPS) is 19.9. The second-order valence-electron chi connectivity index (χ2n) is 4.78. The minimum atomic E-state index is 0.0977. The summed E-state index contributed by atoms with van der Waals surface area (Å²) in [6, 6.07) is 8.09. The van der Waals surface area contributed by atoms with Gasteiger partial charge < -0.3 is 9.74 Å². The quantitative estimate of drug-likeness (QED) is 0.655. The van der Waals surface area contributed by atoms with Crippen molar-refractivity contribution < 1.29 is 9.63 Å². The summed E-state index contributed by atoms with van der Waals surface area (Å²) in [6.45, 7) is 3.12. The number of benzene rings is 1. The van der Waals surface area contributed by atoms with Gasteiger partial charge in [-0.3, -0.25) is 4.79 Å². The number of Topliss-reactive ketones (excluding diaryl/α,β-unsaturated/α-hetero) is 1. The molecule has 1 unspecified atom stereocenters. The van der Waals surface area contributed by atoms with Crippen LogP contribution in [0.1, 0.15) is 36.5 Å². The Labute approximate surface area is 108 Å². The number of hydrogen-bond acceptors (Lipinski definition) is 4. The van der Waals surface area contributed by atoms with E-state index in [0.29, 0.717) is 12.6 Å². The van der Waals surface area contributed by atoms with Crippen LogP contribution in [0.2, 0.25) is 0 Å². The molecule has 0 bridgehead atoms. The second-order valence-corrected chi connectivity index (χ2v) is 4.78. The Balaban J connectivity index is 2.22. The number of nitrogens with two attached hydrogens (primary N) is 1. The molecule has 1 aromatic rings. The van der Waals surface area contributed by atoms with Gasteiger partial charge in [0.1, 0.15) is 0 Å². The Hall–Kier alpha value is -1.39. The highest BCUT2D eigenvalue weighted by Gasteiger charge is 2.23. The van der Waals surface area contributed by atoms with Crippen molar-refractivity contribution in [2.24, 2.45) is 5.90 Å². The van der Waals surface area contributed by atoms with Crippen LogP contribution in [0, 0.1) is 0 Å². The summed E-state index contributed by atoms with van der Waals surface area (Å²) < 4.78 is 0. The Kier molecular flexibility index (Phi) is 4.33. The van der Waals surface area contributed by atoms with Gasteiger partial charge in [-0.1, -0.05) is 12.1 Å². The number of nitrogens with zero attached hydrogens (tertiary/aromatic N) is 1. The topological polar surface area (TPSA) is 55.6 Å². The molecule has 1 aromatic carbocycles. The smallest absolute Gasteiger partial charge is 0.159 e. The first-order valence-corrected chi connectivity index (χ1v) is 6.41. The first-order valence-electron chi connectivity index (χ1n) is 6.41. The van der Waals surface area contributed by atoms with Gasteiger partial charge in [-0.25, -0.2) is 5.90 Å². The predicted octanol–water partition coefficient (Wildman–Crippen LogP) is 2.14. The van der Waals surface area contributed by atoms with E-state index in [4.69, 9.17) is 10.7 Å². The van der Waals surface area contributed by atoms with Gasteiger partial charge in [0.25, 0.3) is 0 Å². The van der Waals surface area contributed by atoms with Crippen molar-refractivity contribution in [1.29, 1.82) is 0 Å². The van der Waals surface area contributed by atoms with Crippen LogP contribution in [-0.2, 0) is 4.84 Å². The molecular weight excluding hydrogens is 228 g/mol. The van der Waals surface area contributed by atoms with E-state index in [-0.39, 0.29) is 5.78 Å². The molecule has 2 rings (SSSR count). The van der Waals surface area contributed by atoms with Crippen molar-refractivity contribution in [2.45, 2.75) is 32.2 Å². The van der Waals surface area contributed by atoms with Crippen LogP contribution in [-0.4, -0.2) is 25.0 Å². The molecule has 1 fully saturated rings. The van der Waals surface area contributed by atoms with Crippen molar-refractivity contribution in [1.82, 2.24) is 0 Å². The molecule has 18 heavy (non-hydrogen) atoms. The second kappa shape index (κ2) is 5.98. The van der Waals surface area contributed by atoms with Gasteiger partial charge in [-0.05, 0) is 38.3 Å². The molecule has 0 spiro atoms. The number of hydrogen-bond donors (Lipinski definition) is 1. The van der Waals surface area contributed by atoms with Gasteiger partial charge in [0.05, 0.1) is 12.6 Å². The maximum atomic E-state index is 11.4. The summed E-state index contributed by atoms with van der Waals surface area (Å²) in [5.41, 5.74) is 1.84. The first-order chi connectivity index (χ1) is 8.72. The highest BCUT2D eigenvalue weighted by atomic mass is 16.6. The maximum Gasteiger partial charge on any atom is 0.159 e. The standard InChI is InChI=1S/C14H20N2O2/c1-11(17)12-5-4-7-13(9-12)16-8-3-2-6-14(16)10-18-15/h4-5,7,9,14H,2-3,6,8,10,15H2,1H3. The Morgan fingerprint density at radius 1 is 1.50 bits per heavy atom. The molecule has 0 saturated carbocycles. The molecule has 0 aliphatic carbocycles. The predicted molar refractivity (Wildman–Crippen MR) is 71.6 cm³/mol. The van der Waals surface area contributed by atoms with Gasteiger partial charge in [-0.15, -0.1) is 0 Å². The maximum absolute atomic E-state index is 11.4. The number of carbonyl (C=O) groups is 1. The molecule has 0 amide bonds. The van der Waals surface area contributed by atoms with Gasteiger partial charge in [0, 0.05) is 17.8 Å². The average Bonchev–Trinajstić information content (AvgIpc) is 2.40. The molecule has 1 atom stereocenters. The van der Waals surface area contributed by atoms with Gasteiger partial charge in [0.2, 0.25) is 0 Å². The van der Waals surface area contributed by atoms with E-state index in [1.165, 1.54) is 12.8 Å². The number of carbonyl (C=O) groups excluding carboxylic acids is 1. The summed E-state index contributed by atoms with van der Waals surface area (Å²) >= 11 is 0. The third-order valence-corrected chi connectivity index (χ3v) is 3.50. The van der Waals surface area contributed by atoms with Crippen molar-refractivity contribution in [3.8, 4) is 0 Å². The summed E-state index contributed by atoms with van der Waals surface area (Å²) in [4.78, 5) is 18.5. The van der Waals surface area contributed by atoms with E-state index in [9.17, 15) is 4.79 Å². The Morgan fingerprint density at radius 2 is 2.33 bits per heavy atom. The molecule has 1 heterocycles. The lowest BCUT2D eigenvalue weighted by atomic mass is 10.0. The summed E-state index contributed by atoms with van der Waals surface area (Å²) in [5, 5.41) is 0. The largest absolute Gasteiger partial charge is 0.366 e. The number of piperidine rings is 1. The third-order valence-electron chi connectivity index (χ3n) is 3.50. The van der Waals surface area contributed by atoms with Crippen LogP contribution >= 0.6 is 0 Å². The average molecular weight is 248 g/mol. The lowest BCUT2D eigenvalue weighted by Gasteiger charge is -2.37. The van der Waals surface area contributed by atoms with E-state index in [1.807, 2.05) is 24.3 Å². The summed E-state index contributed by atoms with van der Waals surface area (Å²) in [7, 11) is 0. The monoisotopic (exact) mass is 248 g/mol. The number of anilines is 1. The highest BCUT2D eigenvalue weighted by molar-refractivity contribution is 5.95. The highest BCUT2D eigenvalue weighted by Crippen LogP contribution is 2.25. The lowest BCUT2D eigenvalue weighted by Crippen LogP contribution is -2.43. The fourth-order valence-electron chi connectivity index (χ4n) is 2.53. The van der Waals surface area contributed by atoms with Crippen LogP contribution in [0.4, 0.5) is 5.69 Å². The van der Waals surface area contributed by atoms with E-state index in [0.717, 1.165) is 24.2 Å². The van der Waals surface area contributed by atoms with Crippen molar-refractivity contribution in [2.75, 3.05) is 18.1 Å². The SMILES string of the molecule is CC(=O)c1cccc(N2CCCCC2CON)c1. The summed E-state index contributed by atoms with van der Waals surface area (Å²) in [6.07, 6.45) is 3.46. The van der Waals surface area contributed by atoms with E-state index >= 15 is 0 Å². The van der Waals surface area contributed by atoms with E-state index in [2.05, 4.69) is 4.90 Å². The van der Waals surface area contributed by atoms with Crippen molar-refractivity contribution in [3.05, 3.63) is 29.8 Å². The van der Waals surface area contributed by atoms with Gasteiger partial charge >= 0.3 is 0 Å². The number of rotatable bonds is 4. The fraction of sp³-hybridized carbons (Fsp3) is 0.500. The molecule has 4 nitrogen and oxygen atoms in total. The van der Waals surface area contributed by atoms with Crippen LogP contribution in [0.5, 0.6) is 0 Å². The molecule has 98 valence electrons. The lowest BCUT2D eigenvalue weighted by molar-refractivity contribution is 0.101. The minimum absolute atomic E-state index is 0.0977. The molecule has 1 aliphatic rings. The molecule has 0 aromatic heterocycles.